The molecule has 2 N–H and O–H groups in total. The summed E-state index contributed by atoms with van der Waals surface area (Å²) in [5.74, 6) is -1.54. The number of carbonyl (C=O) groups excluding carboxylic acids is 1. The Hall–Kier alpha value is -1.14. The van der Waals surface area contributed by atoms with E-state index in [0.29, 0.717) is 12.8 Å². The van der Waals surface area contributed by atoms with Crippen molar-refractivity contribution in [3.63, 3.8) is 0 Å². The standard InChI is InChI=1S/C13H15F2NO2S/c14-9-2-3-11(10(15)6-9)19-7-12(17)16-8-13(18)4-1-5-13/h2-3,6,18H,1,4-5,7-8H2,(H,16,17). The van der Waals surface area contributed by atoms with Gasteiger partial charge in [0.15, 0.2) is 0 Å². The molecule has 0 saturated heterocycles. The zero-order valence-electron chi connectivity index (χ0n) is 10.3. The van der Waals surface area contributed by atoms with Crippen LogP contribution >= 0.6 is 11.8 Å². The molecule has 0 bridgehead atoms. The summed E-state index contributed by atoms with van der Waals surface area (Å²) in [6.45, 7) is 0.234. The number of aliphatic hydroxyl groups is 1. The van der Waals surface area contributed by atoms with Crippen LogP contribution in [0.4, 0.5) is 8.78 Å². The molecule has 2 rings (SSSR count). The van der Waals surface area contributed by atoms with Crippen LogP contribution in [0.3, 0.4) is 0 Å². The quantitative estimate of drug-likeness (QED) is 0.815. The summed E-state index contributed by atoms with van der Waals surface area (Å²) in [7, 11) is 0. The molecule has 6 heteroatoms. The van der Waals surface area contributed by atoms with Gasteiger partial charge in [-0.1, -0.05) is 0 Å². The Kier molecular flexibility index (Phi) is 4.42. The summed E-state index contributed by atoms with van der Waals surface area (Å²) in [4.78, 5) is 11.8. The zero-order chi connectivity index (χ0) is 13.9. The lowest BCUT2D eigenvalue weighted by molar-refractivity contribution is -0.121. The maximum atomic E-state index is 13.3. The van der Waals surface area contributed by atoms with E-state index < -0.39 is 17.2 Å². The van der Waals surface area contributed by atoms with Crippen LogP contribution in [0.25, 0.3) is 0 Å². The molecule has 1 aliphatic carbocycles. The van der Waals surface area contributed by atoms with Gasteiger partial charge in [0.05, 0.1) is 11.4 Å². The van der Waals surface area contributed by atoms with Crippen LogP contribution in [0, 0.1) is 11.6 Å². The maximum absolute atomic E-state index is 13.3. The third-order valence-corrected chi connectivity index (χ3v) is 4.20. The molecule has 0 aliphatic heterocycles. The van der Waals surface area contributed by atoms with E-state index in [2.05, 4.69) is 5.32 Å². The lowest BCUT2D eigenvalue weighted by atomic mass is 9.80. The Bertz CT molecular complexity index is 478. The number of hydrogen-bond acceptors (Lipinski definition) is 3. The fraction of sp³-hybridized carbons (Fsp3) is 0.462. The third-order valence-electron chi connectivity index (χ3n) is 3.15. The van der Waals surface area contributed by atoms with E-state index in [-0.39, 0.29) is 23.1 Å². The van der Waals surface area contributed by atoms with Gasteiger partial charge in [0, 0.05) is 17.5 Å². The fourth-order valence-corrected chi connectivity index (χ4v) is 2.56. The minimum Gasteiger partial charge on any atom is -0.388 e. The molecule has 104 valence electrons. The molecule has 0 heterocycles. The predicted octanol–water partition coefficient (Wildman–Crippen LogP) is 2.09. The van der Waals surface area contributed by atoms with Crippen LogP contribution in [0.5, 0.6) is 0 Å². The molecule has 0 spiro atoms. The van der Waals surface area contributed by atoms with Crippen molar-refractivity contribution in [2.45, 2.75) is 29.8 Å². The number of nitrogens with one attached hydrogen (secondary N) is 1. The maximum Gasteiger partial charge on any atom is 0.230 e. The first-order chi connectivity index (χ1) is 8.98. The molecule has 1 saturated carbocycles. The molecular formula is C13H15F2NO2S. The number of rotatable bonds is 5. The van der Waals surface area contributed by atoms with E-state index >= 15 is 0 Å². The molecule has 1 aromatic rings. The molecule has 3 nitrogen and oxygen atoms in total. The molecule has 1 aromatic carbocycles. The summed E-state index contributed by atoms with van der Waals surface area (Å²) < 4.78 is 26.0. The molecule has 19 heavy (non-hydrogen) atoms. The number of carbonyl (C=O) groups is 1. The zero-order valence-corrected chi connectivity index (χ0v) is 11.1. The highest BCUT2D eigenvalue weighted by atomic mass is 32.2. The second kappa shape index (κ2) is 5.88. The normalized spacial score (nSPS) is 16.8. The number of benzene rings is 1. The first-order valence-corrected chi connectivity index (χ1v) is 7.04. The molecular weight excluding hydrogens is 272 g/mol. The van der Waals surface area contributed by atoms with Gasteiger partial charge in [-0.3, -0.25) is 4.79 Å². The largest absolute Gasteiger partial charge is 0.388 e. The Morgan fingerprint density at radius 1 is 1.42 bits per heavy atom. The van der Waals surface area contributed by atoms with Crippen LogP contribution in [-0.2, 0) is 4.79 Å². The number of thioether (sulfide) groups is 1. The van der Waals surface area contributed by atoms with E-state index in [1.54, 1.807) is 0 Å². The van der Waals surface area contributed by atoms with Gasteiger partial charge in [0.2, 0.25) is 5.91 Å². The number of amides is 1. The highest BCUT2D eigenvalue weighted by Crippen LogP contribution is 2.30. The van der Waals surface area contributed by atoms with E-state index in [0.717, 1.165) is 30.3 Å². The van der Waals surface area contributed by atoms with Crippen molar-refractivity contribution in [1.82, 2.24) is 5.32 Å². The predicted molar refractivity (Wildman–Crippen MR) is 68.9 cm³/mol. The Morgan fingerprint density at radius 2 is 2.16 bits per heavy atom. The van der Waals surface area contributed by atoms with Gasteiger partial charge in [-0.25, -0.2) is 8.78 Å². The molecule has 0 radical (unpaired) electrons. The van der Waals surface area contributed by atoms with Crippen molar-refractivity contribution < 1.29 is 18.7 Å². The van der Waals surface area contributed by atoms with Crippen molar-refractivity contribution in [3.05, 3.63) is 29.8 Å². The van der Waals surface area contributed by atoms with Crippen molar-refractivity contribution in [3.8, 4) is 0 Å². The highest BCUT2D eigenvalue weighted by molar-refractivity contribution is 8.00. The van der Waals surface area contributed by atoms with Gasteiger partial charge < -0.3 is 10.4 Å². The second-order valence-electron chi connectivity index (χ2n) is 4.72. The van der Waals surface area contributed by atoms with Crippen LogP contribution < -0.4 is 5.32 Å². The van der Waals surface area contributed by atoms with Gasteiger partial charge in [-0.05, 0) is 31.4 Å². The molecule has 1 amide bonds. The molecule has 0 aromatic heterocycles. The lowest BCUT2D eigenvalue weighted by Gasteiger charge is -2.36. The third kappa shape index (κ3) is 3.91. The Balaban J connectivity index is 1.76. The van der Waals surface area contributed by atoms with Gasteiger partial charge in [0.25, 0.3) is 0 Å². The lowest BCUT2D eigenvalue weighted by Crippen LogP contribution is -2.48. The minimum absolute atomic E-state index is 0.0403. The van der Waals surface area contributed by atoms with Crippen molar-refractivity contribution in [2.75, 3.05) is 12.3 Å². The summed E-state index contributed by atoms with van der Waals surface area (Å²) in [5, 5.41) is 12.4. The highest BCUT2D eigenvalue weighted by Gasteiger charge is 2.34. The average molecular weight is 287 g/mol. The Morgan fingerprint density at radius 3 is 2.74 bits per heavy atom. The summed E-state index contributed by atoms with van der Waals surface area (Å²) in [5.41, 5.74) is -0.762. The SMILES string of the molecule is O=C(CSc1ccc(F)cc1F)NCC1(O)CCC1. The fourth-order valence-electron chi connectivity index (χ4n) is 1.81. The summed E-state index contributed by atoms with van der Waals surface area (Å²) in [6, 6.07) is 3.25. The van der Waals surface area contributed by atoms with Gasteiger partial charge in [-0.2, -0.15) is 0 Å². The monoisotopic (exact) mass is 287 g/mol. The van der Waals surface area contributed by atoms with Crippen molar-refractivity contribution in [2.24, 2.45) is 0 Å². The molecule has 0 atom stereocenters. The number of halogens is 2. The summed E-state index contributed by atoms with van der Waals surface area (Å²) >= 11 is 1.00. The minimum atomic E-state index is -0.762. The summed E-state index contributed by atoms with van der Waals surface area (Å²) in [6.07, 6.45) is 2.38. The second-order valence-corrected chi connectivity index (χ2v) is 5.74. The van der Waals surface area contributed by atoms with Crippen molar-refractivity contribution >= 4 is 17.7 Å². The van der Waals surface area contributed by atoms with Crippen LogP contribution in [-0.4, -0.2) is 28.9 Å². The first-order valence-electron chi connectivity index (χ1n) is 6.05. The molecule has 1 fully saturated rings. The molecule has 0 unspecified atom stereocenters. The van der Waals surface area contributed by atoms with Gasteiger partial charge in [-0.15, -0.1) is 11.8 Å². The van der Waals surface area contributed by atoms with E-state index in [4.69, 9.17) is 0 Å². The first kappa shape index (κ1) is 14.3. The van der Waals surface area contributed by atoms with E-state index in [9.17, 15) is 18.7 Å². The van der Waals surface area contributed by atoms with Crippen molar-refractivity contribution in [1.29, 1.82) is 0 Å². The van der Waals surface area contributed by atoms with Gasteiger partial charge >= 0.3 is 0 Å². The van der Waals surface area contributed by atoms with E-state index in [1.807, 2.05) is 0 Å². The van der Waals surface area contributed by atoms with E-state index in [1.165, 1.54) is 6.07 Å². The Labute approximate surface area is 114 Å². The van der Waals surface area contributed by atoms with Gasteiger partial charge in [0.1, 0.15) is 11.6 Å². The van der Waals surface area contributed by atoms with Crippen LogP contribution in [0.2, 0.25) is 0 Å². The van der Waals surface area contributed by atoms with Crippen LogP contribution in [0.1, 0.15) is 19.3 Å². The smallest absolute Gasteiger partial charge is 0.230 e. The average Bonchev–Trinajstić information content (AvgIpc) is 2.33. The molecule has 1 aliphatic rings. The van der Waals surface area contributed by atoms with Crippen LogP contribution in [0.15, 0.2) is 23.1 Å². The number of hydrogen-bond donors (Lipinski definition) is 2. The topological polar surface area (TPSA) is 49.3 Å².